The lowest BCUT2D eigenvalue weighted by Crippen LogP contribution is -2.29. The van der Waals surface area contributed by atoms with Gasteiger partial charge < -0.3 is 10.4 Å². The molecule has 100 valence electrons. The van der Waals surface area contributed by atoms with Crippen molar-refractivity contribution in [1.29, 1.82) is 0 Å². The number of carbonyl (C=O) groups is 2. The summed E-state index contributed by atoms with van der Waals surface area (Å²) < 4.78 is 0. The maximum absolute atomic E-state index is 11.5. The molecule has 4 nitrogen and oxygen atoms in total. The van der Waals surface area contributed by atoms with Gasteiger partial charge in [-0.1, -0.05) is 27.7 Å². The second kappa shape index (κ2) is 7.30. The fraction of sp³-hybridized carbons (Fsp3) is 0.846. The first kappa shape index (κ1) is 15.9. The minimum atomic E-state index is -0.756. The lowest BCUT2D eigenvalue weighted by Gasteiger charge is -2.18. The molecule has 0 aromatic carbocycles. The third kappa shape index (κ3) is 11.2. The van der Waals surface area contributed by atoms with E-state index in [-0.39, 0.29) is 17.7 Å². The summed E-state index contributed by atoms with van der Waals surface area (Å²) in [4.78, 5) is 21.9. The van der Waals surface area contributed by atoms with Gasteiger partial charge in [0, 0.05) is 19.4 Å². The first-order valence-electron chi connectivity index (χ1n) is 6.19. The molecule has 1 amide bonds. The highest BCUT2D eigenvalue weighted by Crippen LogP contribution is 2.17. The molecule has 0 saturated carbocycles. The molecule has 0 radical (unpaired) electrons. The molecular weight excluding hydrogens is 218 g/mol. The van der Waals surface area contributed by atoms with E-state index in [1.165, 1.54) is 0 Å². The van der Waals surface area contributed by atoms with E-state index < -0.39 is 5.97 Å². The molecule has 0 aliphatic heterocycles. The summed E-state index contributed by atoms with van der Waals surface area (Å²) in [6.07, 6.45) is 2.24. The van der Waals surface area contributed by atoms with Crippen molar-refractivity contribution in [2.75, 3.05) is 6.54 Å². The summed E-state index contributed by atoms with van der Waals surface area (Å²) in [5.41, 5.74) is 0.0129. The van der Waals surface area contributed by atoms with E-state index in [0.29, 0.717) is 25.3 Å². The Bertz CT molecular complexity index is 256. The molecule has 0 fully saturated rings. The number of carboxylic acids is 1. The standard InChI is InChI=1S/C13H25NO3/c1-10(5-6-12(16)17)7-8-14-11(15)9-13(2,3)4/h10H,5-9H2,1-4H3,(H,14,15)(H,16,17). The molecule has 0 aromatic heterocycles. The summed E-state index contributed by atoms with van der Waals surface area (Å²) in [6.45, 7) is 8.74. The zero-order valence-electron chi connectivity index (χ0n) is 11.4. The van der Waals surface area contributed by atoms with Gasteiger partial charge in [0.25, 0.3) is 0 Å². The van der Waals surface area contributed by atoms with E-state index in [9.17, 15) is 9.59 Å². The number of rotatable bonds is 7. The van der Waals surface area contributed by atoms with E-state index in [2.05, 4.69) is 5.32 Å². The first-order valence-corrected chi connectivity index (χ1v) is 6.19. The Labute approximate surface area is 104 Å². The van der Waals surface area contributed by atoms with Crippen LogP contribution in [0.2, 0.25) is 0 Å². The van der Waals surface area contributed by atoms with E-state index >= 15 is 0 Å². The van der Waals surface area contributed by atoms with Crippen LogP contribution < -0.4 is 5.32 Å². The predicted molar refractivity (Wildman–Crippen MR) is 67.7 cm³/mol. The number of nitrogens with one attached hydrogen (secondary N) is 1. The molecule has 1 unspecified atom stereocenters. The van der Waals surface area contributed by atoms with Gasteiger partial charge in [-0.3, -0.25) is 9.59 Å². The summed E-state index contributed by atoms with van der Waals surface area (Å²) in [5.74, 6) is -0.349. The van der Waals surface area contributed by atoms with Gasteiger partial charge in [0.1, 0.15) is 0 Å². The third-order valence-electron chi connectivity index (χ3n) is 2.50. The maximum Gasteiger partial charge on any atom is 0.303 e. The minimum absolute atomic E-state index is 0.0129. The molecule has 0 spiro atoms. The van der Waals surface area contributed by atoms with Gasteiger partial charge in [0.15, 0.2) is 0 Å². The van der Waals surface area contributed by atoms with Crippen LogP contribution in [-0.4, -0.2) is 23.5 Å². The summed E-state index contributed by atoms with van der Waals surface area (Å²) in [7, 11) is 0. The minimum Gasteiger partial charge on any atom is -0.481 e. The quantitative estimate of drug-likeness (QED) is 0.721. The maximum atomic E-state index is 11.5. The monoisotopic (exact) mass is 243 g/mol. The van der Waals surface area contributed by atoms with Crippen LogP contribution in [0.5, 0.6) is 0 Å². The van der Waals surface area contributed by atoms with Crippen LogP contribution in [0.15, 0.2) is 0 Å². The Kier molecular flexibility index (Phi) is 6.85. The number of amides is 1. The summed E-state index contributed by atoms with van der Waals surface area (Å²) >= 11 is 0. The highest BCUT2D eigenvalue weighted by molar-refractivity contribution is 5.76. The number of hydrogen-bond acceptors (Lipinski definition) is 2. The van der Waals surface area contributed by atoms with Crippen LogP contribution >= 0.6 is 0 Å². The van der Waals surface area contributed by atoms with Gasteiger partial charge in [0.05, 0.1) is 0 Å². The van der Waals surface area contributed by atoms with Crippen LogP contribution in [0, 0.1) is 11.3 Å². The normalized spacial score (nSPS) is 13.2. The smallest absolute Gasteiger partial charge is 0.303 e. The van der Waals surface area contributed by atoms with Gasteiger partial charge in [-0.2, -0.15) is 0 Å². The predicted octanol–water partition coefficient (Wildman–Crippen LogP) is 2.43. The second-order valence-electron chi connectivity index (χ2n) is 5.91. The molecule has 0 bridgehead atoms. The molecule has 0 aliphatic carbocycles. The zero-order valence-corrected chi connectivity index (χ0v) is 11.4. The Hall–Kier alpha value is -1.06. The van der Waals surface area contributed by atoms with Crippen LogP contribution in [0.4, 0.5) is 0 Å². The highest BCUT2D eigenvalue weighted by atomic mass is 16.4. The van der Waals surface area contributed by atoms with Crippen molar-refractivity contribution in [3.05, 3.63) is 0 Å². The molecular formula is C13H25NO3. The van der Waals surface area contributed by atoms with Crippen molar-refractivity contribution >= 4 is 11.9 Å². The Morgan fingerprint density at radius 2 is 1.82 bits per heavy atom. The molecule has 17 heavy (non-hydrogen) atoms. The Morgan fingerprint density at radius 1 is 1.24 bits per heavy atom. The van der Waals surface area contributed by atoms with E-state index in [1.807, 2.05) is 27.7 Å². The highest BCUT2D eigenvalue weighted by Gasteiger charge is 2.15. The lowest BCUT2D eigenvalue weighted by atomic mass is 9.92. The fourth-order valence-electron chi connectivity index (χ4n) is 1.52. The average molecular weight is 243 g/mol. The zero-order chi connectivity index (χ0) is 13.5. The van der Waals surface area contributed by atoms with Crippen molar-refractivity contribution in [3.63, 3.8) is 0 Å². The van der Waals surface area contributed by atoms with E-state index in [4.69, 9.17) is 5.11 Å². The van der Waals surface area contributed by atoms with Crippen molar-refractivity contribution in [2.45, 2.75) is 53.4 Å². The van der Waals surface area contributed by atoms with Crippen molar-refractivity contribution in [3.8, 4) is 0 Å². The van der Waals surface area contributed by atoms with Crippen molar-refractivity contribution in [1.82, 2.24) is 5.32 Å². The van der Waals surface area contributed by atoms with Gasteiger partial charge in [-0.05, 0) is 24.2 Å². The number of carboxylic acid groups (broad SMARTS) is 1. The molecule has 0 aromatic rings. The molecule has 0 saturated heterocycles. The lowest BCUT2D eigenvalue weighted by molar-refractivity contribution is -0.137. The van der Waals surface area contributed by atoms with Gasteiger partial charge in [0.2, 0.25) is 5.91 Å². The second-order valence-corrected chi connectivity index (χ2v) is 5.91. The van der Waals surface area contributed by atoms with Crippen molar-refractivity contribution < 1.29 is 14.7 Å². The molecule has 0 heterocycles. The SMILES string of the molecule is CC(CCNC(=O)CC(C)(C)C)CCC(=O)O. The first-order chi connectivity index (χ1) is 7.70. The largest absolute Gasteiger partial charge is 0.481 e. The Morgan fingerprint density at radius 3 is 2.29 bits per heavy atom. The van der Waals surface area contributed by atoms with Crippen LogP contribution in [0.1, 0.15) is 53.4 Å². The van der Waals surface area contributed by atoms with E-state index in [0.717, 1.165) is 6.42 Å². The Balaban J connectivity index is 3.62. The third-order valence-corrected chi connectivity index (χ3v) is 2.50. The molecule has 1 atom stereocenters. The van der Waals surface area contributed by atoms with Crippen molar-refractivity contribution in [2.24, 2.45) is 11.3 Å². The molecule has 2 N–H and O–H groups in total. The molecule has 0 aliphatic rings. The number of aliphatic carboxylic acids is 1. The van der Waals surface area contributed by atoms with E-state index in [1.54, 1.807) is 0 Å². The number of hydrogen-bond donors (Lipinski definition) is 2. The van der Waals surface area contributed by atoms with Gasteiger partial charge in [-0.25, -0.2) is 0 Å². The molecule has 0 rings (SSSR count). The summed E-state index contributed by atoms with van der Waals surface area (Å²) in [6, 6.07) is 0. The van der Waals surface area contributed by atoms with Gasteiger partial charge >= 0.3 is 5.97 Å². The van der Waals surface area contributed by atoms with Crippen LogP contribution in [0.3, 0.4) is 0 Å². The average Bonchev–Trinajstić information content (AvgIpc) is 2.11. The summed E-state index contributed by atoms with van der Waals surface area (Å²) in [5, 5.41) is 11.4. The number of carbonyl (C=O) groups excluding carboxylic acids is 1. The fourth-order valence-corrected chi connectivity index (χ4v) is 1.52. The molecule has 4 heteroatoms. The van der Waals surface area contributed by atoms with Crippen LogP contribution in [0.25, 0.3) is 0 Å². The van der Waals surface area contributed by atoms with Gasteiger partial charge in [-0.15, -0.1) is 0 Å². The topological polar surface area (TPSA) is 66.4 Å². The van der Waals surface area contributed by atoms with Crippen LogP contribution in [-0.2, 0) is 9.59 Å².